The van der Waals surface area contributed by atoms with E-state index in [4.69, 9.17) is 4.74 Å². The Bertz CT molecular complexity index is 870. The van der Waals surface area contributed by atoms with Crippen molar-refractivity contribution in [1.82, 2.24) is 10.2 Å². The summed E-state index contributed by atoms with van der Waals surface area (Å²) >= 11 is 1.43. The van der Waals surface area contributed by atoms with E-state index in [2.05, 4.69) is 29.4 Å². The highest BCUT2D eigenvalue weighted by molar-refractivity contribution is 8.01. The van der Waals surface area contributed by atoms with Crippen LogP contribution in [0.25, 0.3) is 0 Å². The molecule has 2 aromatic carbocycles. The Morgan fingerprint density at radius 1 is 1.13 bits per heavy atom. The number of hydrogen-bond acceptors (Lipinski definition) is 5. The number of carbonyl (C=O) groups excluding carboxylic acids is 2. The van der Waals surface area contributed by atoms with E-state index in [-0.39, 0.29) is 18.2 Å². The molecule has 0 radical (unpaired) electrons. The maximum atomic E-state index is 12.5. The molecule has 1 heterocycles. The van der Waals surface area contributed by atoms with Crippen molar-refractivity contribution in [2.75, 3.05) is 31.6 Å². The monoisotopic (exact) mass is 427 g/mol. The number of benzene rings is 2. The zero-order chi connectivity index (χ0) is 21.3. The minimum absolute atomic E-state index is 0.131. The van der Waals surface area contributed by atoms with E-state index in [0.29, 0.717) is 13.2 Å². The number of rotatable bonds is 10. The lowest BCUT2D eigenvalue weighted by atomic mass is 10.2. The smallest absolute Gasteiger partial charge is 0.238 e. The number of nitrogens with one attached hydrogen (secondary N) is 2. The largest absolute Gasteiger partial charge is 0.492 e. The van der Waals surface area contributed by atoms with Gasteiger partial charge in [-0.2, -0.15) is 0 Å². The fourth-order valence-electron chi connectivity index (χ4n) is 3.28. The minimum Gasteiger partial charge on any atom is -0.492 e. The summed E-state index contributed by atoms with van der Waals surface area (Å²) in [6.07, 6.45) is 0.135. The number of hydrogen-bond donors (Lipinski definition) is 2. The summed E-state index contributed by atoms with van der Waals surface area (Å²) in [5, 5.41) is 5.38. The molecule has 3 rings (SSSR count). The average Bonchev–Trinajstić information content (AvgIpc) is 2.76. The summed E-state index contributed by atoms with van der Waals surface area (Å²) in [6, 6.07) is 15.4. The van der Waals surface area contributed by atoms with Crippen molar-refractivity contribution in [1.29, 1.82) is 0 Å². The van der Waals surface area contributed by atoms with Crippen LogP contribution in [0.4, 0.5) is 5.69 Å². The third kappa shape index (κ3) is 6.00. The summed E-state index contributed by atoms with van der Waals surface area (Å²) in [4.78, 5) is 28.1. The van der Waals surface area contributed by atoms with Crippen molar-refractivity contribution in [3.8, 4) is 5.75 Å². The molecule has 0 fully saturated rings. The van der Waals surface area contributed by atoms with Gasteiger partial charge >= 0.3 is 0 Å². The number of fused-ring (bicyclic) bond motifs is 1. The number of ether oxygens (including phenoxy) is 1. The summed E-state index contributed by atoms with van der Waals surface area (Å²) < 4.78 is 5.95. The second-order valence-corrected chi connectivity index (χ2v) is 8.30. The first-order valence-corrected chi connectivity index (χ1v) is 11.2. The van der Waals surface area contributed by atoms with Crippen LogP contribution < -0.4 is 15.4 Å². The van der Waals surface area contributed by atoms with Gasteiger partial charge < -0.3 is 20.3 Å². The van der Waals surface area contributed by atoms with E-state index in [1.807, 2.05) is 48.5 Å². The zero-order valence-corrected chi connectivity index (χ0v) is 18.3. The zero-order valence-electron chi connectivity index (χ0n) is 17.5. The Labute approximate surface area is 182 Å². The molecule has 0 aromatic heterocycles. The number of thioether (sulfide) groups is 1. The molecule has 2 N–H and O–H groups in total. The molecule has 1 atom stereocenters. The molecule has 1 aliphatic heterocycles. The number of likely N-dealkylation sites (N-methyl/N-ethyl adjacent to an activating group) is 1. The van der Waals surface area contributed by atoms with Crippen LogP contribution in [0.5, 0.6) is 5.75 Å². The van der Waals surface area contributed by atoms with E-state index in [1.54, 1.807) is 0 Å². The van der Waals surface area contributed by atoms with Gasteiger partial charge in [0.15, 0.2) is 0 Å². The third-order valence-electron chi connectivity index (χ3n) is 5.09. The first kappa shape index (κ1) is 22.2. The summed E-state index contributed by atoms with van der Waals surface area (Å²) in [5.74, 6) is 0.498. The maximum Gasteiger partial charge on any atom is 0.238 e. The molecule has 6 nitrogen and oxygen atoms in total. The molecule has 0 spiro atoms. The van der Waals surface area contributed by atoms with Crippen molar-refractivity contribution < 1.29 is 14.3 Å². The van der Waals surface area contributed by atoms with Gasteiger partial charge in [-0.05, 0) is 31.3 Å². The molecule has 0 bridgehead atoms. The highest BCUT2D eigenvalue weighted by atomic mass is 32.2. The molecule has 30 heavy (non-hydrogen) atoms. The van der Waals surface area contributed by atoms with Gasteiger partial charge in [0, 0.05) is 30.0 Å². The molecule has 1 unspecified atom stereocenters. The molecule has 0 saturated heterocycles. The maximum absolute atomic E-state index is 12.5. The molecule has 1 aliphatic rings. The highest BCUT2D eigenvalue weighted by Gasteiger charge is 2.28. The van der Waals surface area contributed by atoms with Gasteiger partial charge in [0.05, 0.1) is 10.9 Å². The number of carbonyl (C=O) groups is 2. The molecular formula is C23H29N3O3S. The summed E-state index contributed by atoms with van der Waals surface area (Å²) in [6.45, 7) is 8.10. The SMILES string of the molecule is CCN(CC)CCOc1ccccc1CNC(=O)CC1Sc2ccccc2NC1=O. The van der Waals surface area contributed by atoms with Crippen LogP contribution >= 0.6 is 11.8 Å². The van der Waals surface area contributed by atoms with E-state index >= 15 is 0 Å². The van der Waals surface area contributed by atoms with Gasteiger partial charge in [-0.3, -0.25) is 9.59 Å². The van der Waals surface area contributed by atoms with Crippen molar-refractivity contribution in [3.05, 3.63) is 54.1 Å². The summed E-state index contributed by atoms with van der Waals surface area (Å²) in [7, 11) is 0. The molecular weight excluding hydrogens is 398 g/mol. The average molecular weight is 428 g/mol. The standard InChI is InChI=1S/C23H29N3O3S/c1-3-26(4-2)13-14-29-19-11-7-5-9-17(19)16-24-22(27)15-21-23(28)25-18-10-6-8-12-20(18)30-21/h5-12,21H,3-4,13-16H2,1-2H3,(H,24,27)(H,25,28). The Balaban J connectivity index is 1.51. The summed E-state index contributed by atoms with van der Waals surface area (Å²) in [5.41, 5.74) is 1.73. The Morgan fingerprint density at radius 3 is 2.67 bits per heavy atom. The Hall–Kier alpha value is -2.51. The van der Waals surface area contributed by atoms with Crippen LogP contribution in [0.1, 0.15) is 25.8 Å². The van der Waals surface area contributed by atoms with Gasteiger partial charge in [-0.15, -0.1) is 11.8 Å². The number of amides is 2. The lowest BCUT2D eigenvalue weighted by molar-refractivity contribution is -0.124. The topological polar surface area (TPSA) is 70.7 Å². The van der Waals surface area contributed by atoms with Crippen molar-refractivity contribution >= 4 is 29.3 Å². The second-order valence-electron chi connectivity index (χ2n) is 7.06. The van der Waals surface area contributed by atoms with Crippen LogP contribution in [0, 0.1) is 0 Å². The van der Waals surface area contributed by atoms with Gasteiger partial charge in [0.1, 0.15) is 12.4 Å². The van der Waals surface area contributed by atoms with Crippen LogP contribution in [0.3, 0.4) is 0 Å². The predicted molar refractivity (Wildman–Crippen MR) is 121 cm³/mol. The first-order valence-electron chi connectivity index (χ1n) is 10.4. The van der Waals surface area contributed by atoms with Gasteiger partial charge in [-0.1, -0.05) is 44.2 Å². The first-order chi connectivity index (χ1) is 14.6. The normalized spacial score (nSPS) is 15.4. The quantitative estimate of drug-likeness (QED) is 0.607. The third-order valence-corrected chi connectivity index (χ3v) is 6.36. The second kappa shape index (κ2) is 11.0. The number of para-hydroxylation sites is 2. The lowest BCUT2D eigenvalue weighted by Gasteiger charge is -2.23. The molecule has 160 valence electrons. The highest BCUT2D eigenvalue weighted by Crippen LogP contribution is 2.36. The van der Waals surface area contributed by atoms with Crippen LogP contribution in [-0.4, -0.2) is 48.2 Å². The fraction of sp³-hybridized carbons (Fsp3) is 0.391. The van der Waals surface area contributed by atoms with Crippen LogP contribution in [0.2, 0.25) is 0 Å². The lowest BCUT2D eigenvalue weighted by Crippen LogP contribution is -2.34. The van der Waals surface area contributed by atoms with Crippen molar-refractivity contribution in [2.45, 2.75) is 37.0 Å². The fourth-order valence-corrected chi connectivity index (χ4v) is 4.39. The van der Waals surface area contributed by atoms with Gasteiger partial charge in [0.2, 0.25) is 11.8 Å². The molecule has 2 aromatic rings. The van der Waals surface area contributed by atoms with E-state index in [0.717, 1.165) is 41.5 Å². The van der Waals surface area contributed by atoms with E-state index in [1.165, 1.54) is 11.8 Å². The Kier molecular flexibility index (Phi) is 8.16. The molecule has 0 aliphatic carbocycles. The number of anilines is 1. The molecule has 7 heteroatoms. The minimum atomic E-state index is -0.430. The number of nitrogens with zero attached hydrogens (tertiary/aromatic N) is 1. The van der Waals surface area contributed by atoms with Crippen molar-refractivity contribution in [2.24, 2.45) is 0 Å². The predicted octanol–water partition coefficient (Wildman–Crippen LogP) is 3.53. The van der Waals surface area contributed by atoms with Crippen molar-refractivity contribution in [3.63, 3.8) is 0 Å². The van der Waals surface area contributed by atoms with Gasteiger partial charge in [-0.25, -0.2) is 0 Å². The van der Waals surface area contributed by atoms with E-state index in [9.17, 15) is 9.59 Å². The van der Waals surface area contributed by atoms with E-state index < -0.39 is 5.25 Å². The van der Waals surface area contributed by atoms with Crippen LogP contribution in [-0.2, 0) is 16.1 Å². The van der Waals surface area contributed by atoms with Crippen LogP contribution in [0.15, 0.2) is 53.4 Å². The molecule has 0 saturated carbocycles. The molecule has 2 amide bonds. The Morgan fingerprint density at radius 2 is 1.87 bits per heavy atom. The van der Waals surface area contributed by atoms with Gasteiger partial charge in [0.25, 0.3) is 0 Å².